The van der Waals surface area contributed by atoms with Gasteiger partial charge in [-0.15, -0.1) is 0 Å². The van der Waals surface area contributed by atoms with Crippen LogP contribution in [0.4, 0.5) is 5.69 Å². The molecule has 0 aliphatic heterocycles. The van der Waals surface area contributed by atoms with E-state index in [-0.39, 0.29) is 13.2 Å². The van der Waals surface area contributed by atoms with Crippen LogP contribution in [0.3, 0.4) is 0 Å². The molecule has 96 valence electrons. The zero-order valence-electron chi connectivity index (χ0n) is 9.90. The molecule has 0 saturated carbocycles. The third-order valence-electron chi connectivity index (χ3n) is 2.49. The van der Waals surface area contributed by atoms with E-state index in [1.165, 1.54) is 0 Å². The summed E-state index contributed by atoms with van der Waals surface area (Å²) in [5.41, 5.74) is 1.52. The number of hydrogen-bond acceptors (Lipinski definition) is 4. The molecule has 17 heavy (non-hydrogen) atoms. The minimum atomic E-state index is -0.0786. The highest BCUT2D eigenvalue weighted by atomic mass is 35.5. The first kappa shape index (κ1) is 14.3. The molecular formula is C12H18ClNO3. The predicted molar refractivity (Wildman–Crippen MR) is 68.5 cm³/mol. The van der Waals surface area contributed by atoms with E-state index < -0.39 is 0 Å². The molecule has 0 amide bonds. The van der Waals surface area contributed by atoms with Crippen molar-refractivity contribution in [2.75, 3.05) is 38.3 Å². The van der Waals surface area contributed by atoms with Gasteiger partial charge in [0.05, 0.1) is 30.5 Å². The van der Waals surface area contributed by atoms with Crippen LogP contribution in [0, 0.1) is 0 Å². The summed E-state index contributed by atoms with van der Waals surface area (Å²) < 4.78 is 5.02. The number of benzene rings is 1. The lowest BCUT2D eigenvalue weighted by atomic mass is 10.1. The number of methoxy groups -OCH3 is 1. The summed E-state index contributed by atoms with van der Waals surface area (Å²) in [7, 11) is 1.62. The van der Waals surface area contributed by atoms with Crippen LogP contribution in [0.2, 0.25) is 5.02 Å². The van der Waals surface area contributed by atoms with Gasteiger partial charge in [-0.2, -0.15) is 0 Å². The maximum atomic E-state index is 9.31. The number of aliphatic hydroxyl groups is 2. The van der Waals surface area contributed by atoms with Gasteiger partial charge in [0.15, 0.2) is 0 Å². The van der Waals surface area contributed by atoms with E-state index in [2.05, 4.69) is 0 Å². The van der Waals surface area contributed by atoms with E-state index in [4.69, 9.17) is 21.4 Å². The van der Waals surface area contributed by atoms with Gasteiger partial charge in [-0.25, -0.2) is 0 Å². The molecule has 2 N–H and O–H groups in total. The maximum absolute atomic E-state index is 9.31. The van der Waals surface area contributed by atoms with Crippen molar-refractivity contribution < 1.29 is 14.9 Å². The zero-order chi connectivity index (χ0) is 12.7. The second-order valence-electron chi connectivity index (χ2n) is 3.61. The number of para-hydroxylation sites is 1. The first-order chi connectivity index (χ1) is 8.24. The van der Waals surface area contributed by atoms with E-state index in [0.717, 1.165) is 11.3 Å². The number of halogens is 1. The summed E-state index contributed by atoms with van der Waals surface area (Å²) in [6, 6.07) is 5.39. The Kier molecular flexibility index (Phi) is 6.29. The minimum absolute atomic E-state index is 0.0276. The lowest BCUT2D eigenvalue weighted by molar-refractivity contribution is 0.202. The normalized spacial score (nSPS) is 10.6. The van der Waals surface area contributed by atoms with Gasteiger partial charge >= 0.3 is 0 Å². The summed E-state index contributed by atoms with van der Waals surface area (Å²) >= 11 is 6.14. The van der Waals surface area contributed by atoms with Crippen molar-refractivity contribution in [3.63, 3.8) is 0 Å². The topological polar surface area (TPSA) is 52.9 Å². The Labute approximate surface area is 106 Å². The van der Waals surface area contributed by atoms with E-state index in [1.807, 2.05) is 11.0 Å². The van der Waals surface area contributed by atoms with Gasteiger partial charge in [0.25, 0.3) is 0 Å². The molecule has 1 aromatic carbocycles. The van der Waals surface area contributed by atoms with Gasteiger partial charge < -0.3 is 19.8 Å². The lowest BCUT2D eigenvalue weighted by Crippen LogP contribution is -2.31. The van der Waals surface area contributed by atoms with Crippen molar-refractivity contribution in [1.82, 2.24) is 0 Å². The summed E-state index contributed by atoms with van der Waals surface area (Å²) in [4.78, 5) is 1.91. The first-order valence-electron chi connectivity index (χ1n) is 5.47. The molecule has 4 nitrogen and oxygen atoms in total. The highest BCUT2D eigenvalue weighted by Crippen LogP contribution is 2.29. The minimum Gasteiger partial charge on any atom is -0.395 e. The molecule has 0 fully saturated rings. The van der Waals surface area contributed by atoms with Gasteiger partial charge in [0.2, 0.25) is 0 Å². The van der Waals surface area contributed by atoms with E-state index in [0.29, 0.717) is 24.7 Å². The van der Waals surface area contributed by atoms with Gasteiger partial charge in [0, 0.05) is 25.8 Å². The van der Waals surface area contributed by atoms with Crippen LogP contribution in [-0.4, -0.2) is 43.6 Å². The highest BCUT2D eigenvalue weighted by molar-refractivity contribution is 6.33. The van der Waals surface area contributed by atoms with Crippen molar-refractivity contribution in [3.05, 3.63) is 28.8 Å². The van der Waals surface area contributed by atoms with Crippen LogP contribution in [0.5, 0.6) is 0 Å². The van der Waals surface area contributed by atoms with Gasteiger partial charge in [-0.1, -0.05) is 23.7 Å². The van der Waals surface area contributed by atoms with E-state index in [1.54, 1.807) is 19.2 Å². The average Bonchev–Trinajstić information content (AvgIpc) is 2.34. The van der Waals surface area contributed by atoms with Crippen LogP contribution in [0.1, 0.15) is 5.56 Å². The number of ether oxygens (including phenoxy) is 1. The Morgan fingerprint density at radius 2 is 2.06 bits per heavy atom. The van der Waals surface area contributed by atoms with Crippen molar-refractivity contribution in [2.24, 2.45) is 0 Å². The Bertz CT molecular complexity index is 347. The largest absolute Gasteiger partial charge is 0.395 e. The van der Waals surface area contributed by atoms with Crippen molar-refractivity contribution in [1.29, 1.82) is 0 Å². The highest BCUT2D eigenvalue weighted by Gasteiger charge is 2.13. The van der Waals surface area contributed by atoms with Crippen LogP contribution < -0.4 is 4.90 Å². The number of nitrogens with zero attached hydrogens (tertiary/aromatic N) is 1. The fraction of sp³-hybridized carbons (Fsp3) is 0.500. The number of aliphatic hydroxyl groups excluding tert-OH is 2. The summed E-state index contributed by atoms with van der Waals surface area (Å²) in [5, 5.41) is 18.9. The SMILES string of the molecule is COCCN(CCO)c1c(Cl)cccc1CO. The summed E-state index contributed by atoms with van der Waals surface area (Å²) in [6.07, 6.45) is 0. The Hall–Kier alpha value is -0.810. The lowest BCUT2D eigenvalue weighted by Gasteiger charge is -2.26. The maximum Gasteiger partial charge on any atom is 0.0702 e. The van der Waals surface area contributed by atoms with Crippen molar-refractivity contribution >= 4 is 17.3 Å². The van der Waals surface area contributed by atoms with Gasteiger partial charge in [0.1, 0.15) is 0 Å². The Morgan fingerprint density at radius 3 is 2.65 bits per heavy atom. The van der Waals surface area contributed by atoms with Crippen LogP contribution in [-0.2, 0) is 11.3 Å². The molecule has 5 heteroatoms. The Balaban J connectivity index is 2.98. The number of anilines is 1. The van der Waals surface area contributed by atoms with E-state index in [9.17, 15) is 5.11 Å². The molecule has 0 atom stereocenters. The molecule has 0 aliphatic rings. The van der Waals surface area contributed by atoms with Crippen molar-refractivity contribution in [2.45, 2.75) is 6.61 Å². The Morgan fingerprint density at radius 1 is 1.29 bits per heavy atom. The van der Waals surface area contributed by atoms with Crippen LogP contribution in [0.15, 0.2) is 18.2 Å². The fourth-order valence-corrected chi connectivity index (χ4v) is 2.01. The summed E-state index contributed by atoms with van der Waals surface area (Å²) in [6.45, 7) is 1.56. The molecule has 0 radical (unpaired) electrons. The molecule has 1 aromatic rings. The zero-order valence-corrected chi connectivity index (χ0v) is 10.7. The van der Waals surface area contributed by atoms with E-state index >= 15 is 0 Å². The summed E-state index contributed by atoms with van der Waals surface area (Å²) in [5.74, 6) is 0. The molecule has 0 aliphatic carbocycles. The smallest absolute Gasteiger partial charge is 0.0702 e. The molecule has 0 bridgehead atoms. The third kappa shape index (κ3) is 3.85. The second-order valence-corrected chi connectivity index (χ2v) is 4.02. The quantitative estimate of drug-likeness (QED) is 0.775. The number of rotatable bonds is 7. The molecule has 0 unspecified atom stereocenters. The molecule has 0 spiro atoms. The predicted octanol–water partition coefficient (Wildman–Crippen LogP) is 1.28. The van der Waals surface area contributed by atoms with Gasteiger partial charge in [-0.3, -0.25) is 0 Å². The van der Waals surface area contributed by atoms with Gasteiger partial charge in [-0.05, 0) is 6.07 Å². The monoisotopic (exact) mass is 259 g/mol. The molecule has 1 rings (SSSR count). The molecule has 0 saturated heterocycles. The second kappa shape index (κ2) is 7.50. The van der Waals surface area contributed by atoms with Crippen molar-refractivity contribution in [3.8, 4) is 0 Å². The molecule has 0 aromatic heterocycles. The first-order valence-corrected chi connectivity index (χ1v) is 5.85. The third-order valence-corrected chi connectivity index (χ3v) is 2.80. The fourth-order valence-electron chi connectivity index (χ4n) is 1.70. The van der Waals surface area contributed by atoms with Crippen LogP contribution in [0.25, 0.3) is 0 Å². The van der Waals surface area contributed by atoms with Crippen LogP contribution >= 0.6 is 11.6 Å². The average molecular weight is 260 g/mol. The standard InChI is InChI=1S/C12H18ClNO3/c1-17-8-6-14(5-7-15)12-10(9-16)3-2-4-11(12)13/h2-4,15-16H,5-9H2,1H3. The molecular weight excluding hydrogens is 242 g/mol. The molecule has 0 heterocycles. The number of hydrogen-bond donors (Lipinski definition) is 2.